The first-order chi connectivity index (χ1) is 6.26. The highest BCUT2D eigenvalue weighted by atomic mass is 79.9. The maximum atomic E-state index is 10.5. The lowest BCUT2D eigenvalue weighted by molar-refractivity contribution is -0.116. The largest absolute Gasteiger partial charge is 0.374 e. The number of benzene rings is 1. The van der Waals surface area contributed by atoms with Crippen LogP contribution in [0.25, 0.3) is 0 Å². The van der Waals surface area contributed by atoms with Gasteiger partial charge in [-0.25, -0.2) is 0 Å². The van der Waals surface area contributed by atoms with Gasteiger partial charge in [0.2, 0.25) is 0 Å². The van der Waals surface area contributed by atoms with Crippen LogP contribution in [-0.2, 0) is 16.0 Å². The van der Waals surface area contributed by atoms with Crippen LogP contribution in [-0.4, -0.2) is 19.5 Å². The minimum atomic E-state index is -0.332. The molecule has 0 spiro atoms. The van der Waals surface area contributed by atoms with Crippen molar-refractivity contribution in [1.29, 1.82) is 0 Å². The van der Waals surface area contributed by atoms with Crippen LogP contribution < -0.4 is 0 Å². The highest BCUT2D eigenvalue weighted by Crippen LogP contribution is 2.12. The molecule has 1 aromatic carbocycles. The number of hydrogen-bond acceptors (Lipinski definition) is 2. The topological polar surface area (TPSA) is 26.3 Å². The van der Waals surface area contributed by atoms with E-state index in [4.69, 9.17) is 4.74 Å². The van der Waals surface area contributed by atoms with Gasteiger partial charge in [0.15, 0.2) is 0 Å². The molecule has 0 bridgehead atoms. The summed E-state index contributed by atoms with van der Waals surface area (Å²) in [6.45, 7) is 0. The average molecular weight is 243 g/mol. The van der Waals surface area contributed by atoms with E-state index in [0.717, 1.165) is 16.3 Å². The maximum Gasteiger partial charge on any atom is 0.149 e. The fourth-order valence-corrected chi connectivity index (χ4v) is 1.30. The van der Waals surface area contributed by atoms with Gasteiger partial charge in [-0.3, -0.25) is 0 Å². The van der Waals surface area contributed by atoms with E-state index in [-0.39, 0.29) is 6.10 Å². The lowest BCUT2D eigenvalue weighted by Gasteiger charge is -2.07. The third-order valence-corrected chi connectivity index (χ3v) is 2.33. The lowest BCUT2D eigenvalue weighted by atomic mass is 10.1. The first kappa shape index (κ1) is 10.4. The van der Waals surface area contributed by atoms with Gasteiger partial charge in [-0.15, -0.1) is 0 Å². The fourth-order valence-electron chi connectivity index (χ4n) is 1.04. The van der Waals surface area contributed by atoms with Gasteiger partial charge in [-0.05, 0) is 17.7 Å². The van der Waals surface area contributed by atoms with Crippen LogP contribution in [0.2, 0.25) is 0 Å². The number of carbonyl (C=O) groups is 1. The van der Waals surface area contributed by atoms with E-state index in [9.17, 15) is 4.79 Å². The Balaban J connectivity index is 2.63. The second kappa shape index (κ2) is 5.14. The van der Waals surface area contributed by atoms with Crippen molar-refractivity contribution in [2.24, 2.45) is 0 Å². The molecule has 70 valence electrons. The Morgan fingerprint density at radius 1 is 1.46 bits per heavy atom. The normalized spacial score (nSPS) is 12.5. The summed E-state index contributed by atoms with van der Waals surface area (Å²) in [6, 6.07) is 7.85. The zero-order valence-electron chi connectivity index (χ0n) is 7.37. The summed E-state index contributed by atoms with van der Waals surface area (Å²) in [4.78, 5) is 10.5. The van der Waals surface area contributed by atoms with Gasteiger partial charge < -0.3 is 9.53 Å². The Morgan fingerprint density at radius 2 is 2.08 bits per heavy atom. The molecular weight excluding hydrogens is 232 g/mol. The Kier molecular flexibility index (Phi) is 4.12. The summed E-state index contributed by atoms with van der Waals surface area (Å²) in [5.74, 6) is 0. The molecule has 1 rings (SSSR count). The van der Waals surface area contributed by atoms with Crippen LogP contribution in [0, 0.1) is 0 Å². The number of aldehydes is 1. The van der Waals surface area contributed by atoms with Crippen molar-refractivity contribution in [1.82, 2.24) is 0 Å². The lowest BCUT2D eigenvalue weighted by Crippen LogP contribution is -2.15. The maximum absolute atomic E-state index is 10.5. The second-order valence-corrected chi connectivity index (χ2v) is 3.66. The van der Waals surface area contributed by atoms with Gasteiger partial charge in [0.05, 0.1) is 0 Å². The van der Waals surface area contributed by atoms with Crippen LogP contribution in [0.3, 0.4) is 0 Å². The summed E-state index contributed by atoms with van der Waals surface area (Å²) in [5.41, 5.74) is 1.10. The monoisotopic (exact) mass is 242 g/mol. The summed E-state index contributed by atoms with van der Waals surface area (Å²) in [5, 5.41) is 0. The van der Waals surface area contributed by atoms with E-state index in [1.807, 2.05) is 24.3 Å². The Morgan fingerprint density at radius 3 is 2.54 bits per heavy atom. The highest BCUT2D eigenvalue weighted by molar-refractivity contribution is 9.10. The SMILES string of the molecule is COC(C=O)Cc1ccc(Br)cc1. The first-order valence-electron chi connectivity index (χ1n) is 3.99. The molecule has 0 heterocycles. The van der Waals surface area contributed by atoms with Crippen LogP contribution >= 0.6 is 15.9 Å². The third-order valence-electron chi connectivity index (χ3n) is 1.80. The number of methoxy groups -OCH3 is 1. The minimum absolute atomic E-state index is 0.332. The number of halogens is 1. The molecule has 2 nitrogen and oxygen atoms in total. The summed E-state index contributed by atoms with van der Waals surface area (Å²) >= 11 is 3.35. The Labute approximate surface area is 86.0 Å². The number of rotatable bonds is 4. The van der Waals surface area contributed by atoms with E-state index in [2.05, 4.69) is 15.9 Å². The molecule has 0 fully saturated rings. The van der Waals surface area contributed by atoms with E-state index in [1.165, 1.54) is 7.11 Å². The van der Waals surface area contributed by atoms with Crippen molar-refractivity contribution in [3.8, 4) is 0 Å². The van der Waals surface area contributed by atoms with Crippen molar-refractivity contribution in [3.63, 3.8) is 0 Å². The fraction of sp³-hybridized carbons (Fsp3) is 0.300. The molecule has 0 aromatic heterocycles. The number of hydrogen-bond donors (Lipinski definition) is 0. The first-order valence-corrected chi connectivity index (χ1v) is 4.78. The summed E-state index contributed by atoms with van der Waals surface area (Å²) < 4.78 is 5.99. The van der Waals surface area contributed by atoms with Crippen LogP contribution in [0.4, 0.5) is 0 Å². The molecule has 13 heavy (non-hydrogen) atoms. The van der Waals surface area contributed by atoms with Crippen molar-refractivity contribution >= 4 is 22.2 Å². The zero-order chi connectivity index (χ0) is 9.68. The number of carbonyl (C=O) groups excluding carboxylic acids is 1. The van der Waals surface area contributed by atoms with Gasteiger partial charge in [0.1, 0.15) is 12.4 Å². The Bertz CT molecular complexity index is 269. The molecule has 0 aliphatic carbocycles. The van der Waals surface area contributed by atoms with Gasteiger partial charge in [-0.1, -0.05) is 28.1 Å². The van der Waals surface area contributed by atoms with E-state index >= 15 is 0 Å². The molecule has 0 saturated carbocycles. The van der Waals surface area contributed by atoms with E-state index < -0.39 is 0 Å². The molecule has 0 aliphatic heterocycles. The van der Waals surface area contributed by atoms with Crippen molar-refractivity contribution < 1.29 is 9.53 Å². The molecule has 1 unspecified atom stereocenters. The predicted octanol–water partition coefficient (Wildman–Crippen LogP) is 2.21. The molecular formula is C10H11BrO2. The summed E-state index contributed by atoms with van der Waals surface area (Å²) in [6.07, 6.45) is 1.12. The molecule has 0 radical (unpaired) electrons. The van der Waals surface area contributed by atoms with Crippen LogP contribution in [0.5, 0.6) is 0 Å². The van der Waals surface area contributed by atoms with Crippen molar-refractivity contribution in [2.75, 3.05) is 7.11 Å². The zero-order valence-corrected chi connectivity index (χ0v) is 8.95. The van der Waals surface area contributed by atoms with Gasteiger partial charge in [0.25, 0.3) is 0 Å². The van der Waals surface area contributed by atoms with Gasteiger partial charge in [0, 0.05) is 18.0 Å². The van der Waals surface area contributed by atoms with E-state index in [1.54, 1.807) is 0 Å². The smallest absolute Gasteiger partial charge is 0.149 e. The van der Waals surface area contributed by atoms with E-state index in [0.29, 0.717) is 6.42 Å². The van der Waals surface area contributed by atoms with Crippen molar-refractivity contribution in [3.05, 3.63) is 34.3 Å². The summed E-state index contributed by atoms with van der Waals surface area (Å²) in [7, 11) is 1.54. The molecule has 1 atom stereocenters. The quantitative estimate of drug-likeness (QED) is 0.758. The third kappa shape index (κ3) is 3.28. The average Bonchev–Trinajstić information content (AvgIpc) is 2.17. The predicted molar refractivity (Wildman–Crippen MR) is 54.7 cm³/mol. The number of ether oxygens (including phenoxy) is 1. The van der Waals surface area contributed by atoms with Crippen molar-refractivity contribution in [2.45, 2.75) is 12.5 Å². The molecule has 0 saturated heterocycles. The second-order valence-electron chi connectivity index (χ2n) is 2.74. The Hall–Kier alpha value is -0.670. The molecule has 0 amide bonds. The standard InChI is InChI=1S/C10H11BrO2/c1-13-10(7-12)6-8-2-4-9(11)5-3-8/h2-5,7,10H,6H2,1H3. The van der Waals surface area contributed by atoms with Crippen LogP contribution in [0.1, 0.15) is 5.56 Å². The molecule has 1 aromatic rings. The minimum Gasteiger partial charge on any atom is -0.374 e. The molecule has 0 N–H and O–H groups in total. The highest BCUT2D eigenvalue weighted by Gasteiger charge is 2.05. The van der Waals surface area contributed by atoms with Crippen LogP contribution in [0.15, 0.2) is 28.7 Å². The van der Waals surface area contributed by atoms with Gasteiger partial charge >= 0.3 is 0 Å². The molecule has 3 heteroatoms. The van der Waals surface area contributed by atoms with Gasteiger partial charge in [-0.2, -0.15) is 0 Å². The molecule has 0 aliphatic rings.